The van der Waals surface area contributed by atoms with Gasteiger partial charge in [0.05, 0.1) is 6.42 Å². The summed E-state index contributed by atoms with van der Waals surface area (Å²) < 4.78 is 0. The van der Waals surface area contributed by atoms with Crippen molar-refractivity contribution in [3.8, 4) is 0 Å². The van der Waals surface area contributed by atoms with E-state index in [9.17, 15) is 4.79 Å². The first kappa shape index (κ1) is 12.9. The Labute approximate surface area is 108 Å². The lowest BCUT2D eigenvalue weighted by Crippen LogP contribution is -2.32. The van der Waals surface area contributed by atoms with Crippen LogP contribution in [0.2, 0.25) is 0 Å². The predicted molar refractivity (Wildman–Crippen MR) is 73.2 cm³/mol. The second-order valence-corrected chi connectivity index (χ2v) is 5.48. The molecule has 0 saturated carbocycles. The van der Waals surface area contributed by atoms with Gasteiger partial charge in [-0.05, 0) is 36.0 Å². The first-order valence-electron chi connectivity index (χ1n) is 6.65. The lowest BCUT2D eigenvalue weighted by molar-refractivity contribution is -0.136. The van der Waals surface area contributed by atoms with E-state index in [2.05, 4.69) is 30.9 Å². The highest BCUT2D eigenvalue weighted by molar-refractivity contribution is 5.71. The van der Waals surface area contributed by atoms with Crippen LogP contribution in [-0.2, 0) is 17.6 Å². The number of hydrogen-bond acceptors (Lipinski definition) is 2. The number of aliphatic carboxylic acids is 1. The van der Waals surface area contributed by atoms with Crippen LogP contribution in [-0.4, -0.2) is 24.2 Å². The summed E-state index contributed by atoms with van der Waals surface area (Å²) in [4.78, 5) is 13.2. The van der Waals surface area contributed by atoms with Crippen molar-refractivity contribution in [3.63, 3.8) is 0 Å². The van der Waals surface area contributed by atoms with Crippen LogP contribution in [0.25, 0.3) is 0 Å². The second-order valence-electron chi connectivity index (χ2n) is 5.48. The maximum atomic E-state index is 10.8. The Kier molecular flexibility index (Phi) is 3.90. The van der Waals surface area contributed by atoms with Crippen molar-refractivity contribution in [2.45, 2.75) is 33.1 Å². The Bertz CT molecular complexity index is 440. The average Bonchev–Trinajstić information content (AvgIpc) is 2.28. The zero-order chi connectivity index (χ0) is 13.1. The van der Waals surface area contributed by atoms with Crippen LogP contribution < -0.4 is 4.90 Å². The van der Waals surface area contributed by atoms with E-state index in [4.69, 9.17) is 5.11 Å². The van der Waals surface area contributed by atoms with Gasteiger partial charge >= 0.3 is 5.97 Å². The maximum Gasteiger partial charge on any atom is 0.307 e. The van der Waals surface area contributed by atoms with Crippen molar-refractivity contribution >= 4 is 11.7 Å². The minimum Gasteiger partial charge on any atom is -0.481 e. The van der Waals surface area contributed by atoms with Crippen molar-refractivity contribution in [3.05, 3.63) is 29.3 Å². The summed E-state index contributed by atoms with van der Waals surface area (Å²) in [6.45, 7) is 6.57. The normalized spacial score (nSPS) is 14.7. The van der Waals surface area contributed by atoms with Gasteiger partial charge in [-0.3, -0.25) is 4.79 Å². The monoisotopic (exact) mass is 247 g/mol. The smallest absolute Gasteiger partial charge is 0.307 e. The number of anilines is 1. The van der Waals surface area contributed by atoms with Crippen LogP contribution in [0.3, 0.4) is 0 Å². The fraction of sp³-hybridized carbons (Fsp3) is 0.533. The molecule has 1 N–H and O–H groups in total. The molecule has 3 heteroatoms. The summed E-state index contributed by atoms with van der Waals surface area (Å²) in [6.07, 6.45) is 2.41. The molecule has 1 aliphatic heterocycles. The molecule has 0 unspecified atom stereocenters. The third-order valence-electron chi connectivity index (χ3n) is 3.31. The first-order valence-corrected chi connectivity index (χ1v) is 6.65. The van der Waals surface area contributed by atoms with E-state index < -0.39 is 5.97 Å². The number of carboxylic acid groups (broad SMARTS) is 1. The summed E-state index contributed by atoms with van der Waals surface area (Å²) in [5.41, 5.74) is 3.50. The van der Waals surface area contributed by atoms with Gasteiger partial charge < -0.3 is 10.0 Å². The van der Waals surface area contributed by atoms with Gasteiger partial charge in [-0.15, -0.1) is 0 Å². The predicted octanol–water partition coefficient (Wildman–Crippen LogP) is 2.72. The molecule has 0 bridgehead atoms. The maximum absolute atomic E-state index is 10.8. The third-order valence-corrected chi connectivity index (χ3v) is 3.31. The number of fused-ring (bicyclic) bond motifs is 1. The fourth-order valence-corrected chi connectivity index (χ4v) is 2.61. The number of carboxylic acids is 1. The van der Waals surface area contributed by atoms with Crippen LogP contribution in [0.5, 0.6) is 0 Å². The standard InChI is InChI=1S/C15H21NO2/c1-11(2)10-16-7-3-4-13-6-5-12(8-14(13)16)9-15(17)18/h5-6,8,11H,3-4,7,9-10H2,1-2H3,(H,17,18). The van der Waals surface area contributed by atoms with Gasteiger partial charge in [0, 0.05) is 18.8 Å². The summed E-state index contributed by atoms with van der Waals surface area (Å²) >= 11 is 0. The van der Waals surface area contributed by atoms with Gasteiger partial charge in [0.25, 0.3) is 0 Å². The van der Waals surface area contributed by atoms with E-state index in [0.29, 0.717) is 5.92 Å². The summed E-state index contributed by atoms with van der Waals surface area (Å²) in [5, 5.41) is 8.87. The molecule has 0 aromatic heterocycles. The van der Waals surface area contributed by atoms with Gasteiger partial charge in [-0.1, -0.05) is 26.0 Å². The van der Waals surface area contributed by atoms with Crippen LogP contribution in [0.15, 0.2) is 18.2 Å². The van der Waals surface area contributed by atoms with Crippen molar-refractivity contribution in [2.24, 2.45) is 5.92 Å². The summed E-state index contributed by atoms with van der Waals surface area (Å²) in [5.74, 6) is -0.139. The molecule has 1 aliphatic rings. The number of aryl methyl sites for hydroxylation is 1. The van der Waals surface area contributed by atoms with E-state index in [1.54, 1.807) is 0 Å². The number of benzene rings is 1. The highest BCUT2D eigenvalue weighted by Crippen LogP contribution is 2.29. The van der Waals surface area contributed by atoms with Gasteiger partial charge in [0.1, 0.15) is 0 Å². The van der Waals surface area contributed by atoms with Gasteiger partial charge in [0.2, 0.25) is 0 Å². The fourth-order valence-electron chi connectivity index (χ4n) is 2.61. The van der Waals surface area contributed by atoms with Gasteiger partial charge in [-0.2, -0.15) is 0 Å². The molecule has 18 heavy (non-hydrogen) atoms. The molecule has 98 valence electrons. The molecule has 1 aromatic rings. The molecule has 2 rings (SSSR count). The van der Waals surface area contributed by atoms with Crippen LogP contribution >= 0.6 is 0 Å². The molecule has 1 heterocycles. The molecule has 3 nitrogen and oxygen atoms in total. The summed E-state index contributed by atoms with van der Waals surface area (Å²) in [7, 11) is 0. The molecule has 0 radical (unpaired) electrons. The van der Waals surface area contributed by atoms with E-state index >= 15 is 0 Å². The van der Waals surface area contributed by atoms with E-state index in [1.165, 1.54) is 17.7 Å². The molecule has 1 aromatic carbocycles. The molecular weight excluding hydrogens is 226 g/mol. The van der Waals surface area contributed by atoms with Gasteiger partial charge in [-0.25, -0.2) is 0 Å². The lowest BCUT2D eigenvalue weighted by Gasteiger charge is -2.33. The number of nitrogens with zero attached hydrogens (tertiary/aromatic N) is 1. The molecule has 0 spiro atoms. The van der Waals surface area contributed by atoms with Crippen molar-refractivity contribution < 1.29 is 9.90 Å². The zero-order valence-electron chi connectivity index (χ0n) is 11.1. The van der Waals surface area contributed by atoms with E-state index in [0.717, 1.165) is 25.1 Å². The van der Waals surface area contributed by atoms with Crippen molar-refractivity contribution in [2.75, 3.05) is 18.0 Å². The lowest BCUT2D eigenvalue weighted by atomic mass is 9.97. The molecule has 0 amide bonds. The molecule has 0 fully saturated rings. The third kappa shape index (κ3) is 3.03. The SMILES string of the molecule is CC(C)CN1CCCc2ccc(CC(=O)O)cc21. The molecular formula is C15H21NO2. The van der Waals surface area contributed by atoms with Gasteiger partial charge in [0.15, 0.2) is 0 Å². The second kappa shape index (κ2) is 5.42. The number of hydrogen-bond donors (Lipinski definition) is 1. The Morgan fingerprint density at radius 1 is 1.44 bits per heavy atom. The number of carbonyl (C=O) groups is 1. The average molecular weight is 247 g/mol. The Morgan fingerprint density at radius 2 is 2.22 bits per heavy atom. The minimum atomic E-state index is -0.763. The molecule has 0 saturated heterocycles. The van der Waals surface area contributed by atoms with E-state index in [-0.39, 0.29) is 6.42 Å². The quantitative estimate of drug-likeness (QED) is 0.889. The largest absolute Gasteiger partial charge is 0.481 e. The van der Waals surface area contributed by atoms with Crippen LogP contribution in [0, 0.1) is 5.92 Å². The summed E-state index contributed by atoms with van der Waals surface area (Å²) in [6, 6.07) is 6.11. The molecule has 0 aliphatic carbocycles. The minimum absolute atomic E-state index is 0.114. The van der Waals surface area contributed by atoms with Crippen molar-refractivity contribution in [1.29, 1.82) is 0 Å². The van der Waals surface area contributed by atoms with Crippen LogP contribution in [0.4, 0.5) is 5.69 Å². The highest BCUT2D eigenvalue weighted by Gasteiger charge is 2.18. The topological polar surface area (TPSA) is 40.5 Å². The Hall–Kier alpha value is -1.51. The Morgan fingerprint density at radius 3 is 2.89 bits per heavy atom. The number of rotatable bonds is 4. The van der Waals surface area contributed by atoms with Crippen molar-refractivity contribution in [1.82, 2.24) is 0 Å². The first-order chi connectivity index (χ1) is 8.56. The Balaban J connectivity index is 2.26. The van der Waals surface area contributed by atoms with Crippen LogP contribution in [0.1, 0.15) is 31.4 Å². The zero-order valence-corrected chi connectivity index (χ0v) is 11.1. The highest BCUT2D eigenvalue weighted by atomic mass is 16.4. The van der Waals surface area contributed by atoms with E-state index in [1.807, 2.05) is 6.07 Å². The molecule has 0 atom stereocenters.